The van der Waals surface area contributed by atoms with Crippen LogP contribution in [0, 0.1) is 0 Å². The summed E-state index contributed by atoms with van der Waals surface area (Å²) in [5, 5.41) is 8.60. The number of fused-ring (bicyclic) bond motifs is 1. The quantitative estimate of drug-likeness (QED) is 0.890. The number of hydrogen-bond acceptors (Lipinski definition) is 6. The van der Waals surface area contributed by atoms with E-state index in [2.05, 4.69) is 10.2 Å². The Balaban J connectivity index is 1.94. The standard InChI is InChI=1S/C12H14N4O2S/c1-16(7-3-5-18-6-7)12(17)10-9(13)8-2-4-14-15-11(8)19-10/h2,4,7H,3,5-6,13H2,1H3. The Hall–Kier alpha value is -1.73. The predicted octanol–water partition coefficient (Wildman–Crippen LogP) is 1.13. The van der Waals surface area contributed by atoms with E-state index in [9.17, 15) is 4.79 Å². The van der Waals surface area contributed by atoms with Crippen LogP contribution in [0.15, 0.2) is 12.3 Å². The zero-order valence-corrected chi connectivity index (χ0v) is 11.3. The summed E-state index contributed by atoms with van der Waals surface area (Å²) in [4.78, 5) is 15.4. The van der Waals surface area contributed by atoms with Crippen LogP contribution in [0.2, 0.25) is 0 Å². The molecule has 1 unspecified atom stereocenters. The van der Waals surface area contributed by atoms with Crippen LogP contribution in [-0.4, -0.2) is 47.3 Å². The van der Waals surface area contributed by atoms with Crippen molar-refractivity contribution in [3.05, 3.63) is 17.1 Å². The molecule has 1 saturated heterocycles. The zero-order chi connectivity index (χ0) is 13.4. The maximum absolute atomic E-state index is 12.5. The van der Waals surface area contributed by atoms with Crippen molar-refractivity contribution in [2.75, 3.05) is 26.0 Å². The van der Waals surface area contributed by atoms with Gasteiger partial charge in [-0.3, -0.25) is 4.79 Å². The number of carbonyl (C=O) groups is 1. The lowest BCUT2D eigenvalue weighted by atomic mass is 10.2. The van der Waals surface area contributed by atoms with Crippen LogP contribution in [-0.2, 0) is 4.74 Å². The number of thiophene rings is 1. The van der Waals surface area contributed by atoms with E-state index in [1.807, 2.05) is 0 Å². The van der Waals surface area contributed by atoms with E-state index in [1.165, 1.54) is 11.3 Å². The zero-order valence-electron chi connectivity index (χ0n) is 10.5. The SMILES string of the molecule is CN(C(=O)c1sc2nnccc2c1N)C1CCOC1. The highest BCUT2D eigenvalue weighted by atomic mass is 32.1. The summed E-state index contributed by atoms with van der Waals surface area (Å²) in [5.74, 6) is -0.0731. The van der Waals surface area contributed by atoms with E-state index in [-0.39, 0.29) is 11.9 Å². The fraction of sp³-hybridized carbons (Fsp3) is 0.417. The third-order valence-electron chi connectivity index (χ3n) is 3.39. The lowest BCUT2D eigenvalue weighted by Crippen LogP contribution is -2.37. The molecule has 0 radical (unpaired) electrons. The number of aromatic nitrogens is 2. The van der Waals surface area contributed by atoms with Crippen LogP contribution in [0.5, 0.6) is 0 Å². The Bertz CT molecular complexity index is 621. The lowest BCUT2D eigenvalue weighted by Gasteiger charge is -2.22. The lowest BCUT2D eigenvalue weighted by molar-refractivity contribution is 0.0717. The fourth-order valence-corrected chi connectivity index (χ4v) is 3.21. The number of nitrogens with two attached hydrogens (primary N) is 1. The van der Waals surface area contributed by atoms with Gasteiger partial charge in [-0.2, -0.15) is 5.10 Å². The van der Waals surface area contributed by atoms with E-state index in [0.29, 0.717) is 28.6 Å². The van der Waals surface area contributed by atoms with Crippen LogP contribution in [0.3, 0.4) is 0 Å². The van der Waals surface area contributed by atoms with Crippen molar-refractivity contribution >= 4 is 33.1 Å². The first-order valence-electron chi connectivity index (χ1n) is 6.03. The number of hydrogen-bond donors (Lipinski definition) is 1. The summed E-state index contributed by atoms with van der Waals surface area (Å²) < 4.78 is 5.31. The van der Waals surface area contributed by atoms with Crippen LogP contribution >= 0.6 is 11.3 Å². The van der Waals surface area contributed by atoms with Gasteiger partial charge in [-0.15, -0.1) is 16.4 Å². The van der Waals surface area contributed by atoms with E-state index in [4.69, 9.17) is 10.5 Å². The molecule has 3 heterocycles. The minimum Gasteiger partial charge on any atom is -0.397 e. The van der Waals surface area contributed by atoms with Gasteiger partial charge in [0.25, 0.3) is 5.91 Å². The summed E-state index contributed by atoms with van der Waals surface area (Å²) in [6.45, 7) is 1.29. The van der Waals surface area contributed by atoms with Crippen molar-refractivity contribution in [3.63, 3.8) is 0 Å². The number of likely N-dealkylation sites (N-methyl/N-ethyl adjacent to an activating group) is 1. The molecule has 6 nitrogen and oxygen atoms in total. The van der Waals surface area contributed by atoms with E-state index < -0.39 is 0 Å². The molecule has 0 aromatic carbocycles. The molecule has 7 heteroatoms. The molecule has 0 saturated carbocycles. The summed E-state index contributed by atoms with van der Waals surface area (Å²) >= 11 is 1.29. The summed E-state index contributed by atoms with van der Waals surface area (Å²) in [6.07, 6.45) is 2.45. The maximum Gasteiger partial charge on any atom is 0.266 e. The molecule has 1 aliphatic rings. The number of rotatable bonds is 2. The molecule has 19 heavy (non-hydrogen) atoms. The second-order valence-electron chi connectivity index (χ2n) is 4.53. The Labute approximate surface area is 114 Å². The summed E-state index contributed by atoms with van der Waals surface area (Å²) in [7, 11) is 1.79. The molecule has 1 fully saturated rings. The van der Waals surface area contributed by atoms with Gasteiger partial charge in [-0.05, 0) is 12.5 Å². The van der Waals surface area contributed by atoms with E-state index in [0.717, 1.165) is 11.8 Å². The molecular weight excluding hydrogens is 264 g/mol. The third kappa shape index (κ3) is 2.04. The van der Waals surface area contributed by atoms with Crippen molar-refractivity contribution in [3.8, 4) is 0 Å². The second kappa shape index (κ2) is 4.75. The minimum absolute atomic E-state index is 0.0731. The first-order valence-corrected chi connectivity index (χ1v) is 6.84. The van der Waals surface area contributed by atoms with Gasteiger partial charge in [0.05, 0.1) is 24.5 Å². The highest BCUT2D eigenvalue weighted by molar-refractivity contribution is 7.21. The van der Waals surface area contributed by atoms with E-state index >= 15 is 0 Å². The van der Waals surface area contributed by atoms with Gasteiger partial charge >= 0.3 is 0 Å². The van der Waals surface area contributed by atoms with Gasteiger partial charge in [0.2, 0.25) is 0 Å². The molecule has 0 aliphatic carbocycles. The molecule has 2 N–H and O–H groups in total. The summed E-state index contributed by atoms with van der Waals surface area (Å²) in [6, 6.07) is 1.91. The molecule has 1 atom stereocenters. The van der Waals surface area contributed by atoms with Crippen molar-refractivity contribution < 1.29 is 9.53 Å². The third-order valence-corrected chi connectivity index (χ3v) is 4.48. The molecule has 1 aliphatic heterocycles. The summed E-state index contributed by atoms with van der Waals surface area (Å²) in [5.41, 5.74) is 6.53. The van der Waals surface area contributed by atoms with Gasteiger partial charge in [0.1, 0.15) is 9.71 Å². The van der Waals surface area contributed by atoms with Gasteiger partial charge in [-0.1, -0.05) is 0 Å². The van der Waals surface area contributed by atoms with Gasteiger partial charge < -0.3 is 15.4 Å². The Kier molecular flexibility index (Phi) is 3.08. The second-order valence-corrected chi connectivity index (χ2v) is 5.53. The number of anilines is 1. The number of ether oxygens (including phenoxy) is 1. The highest BCUT2D eigenvalue weighted by Crippen LogP contribution is 2.32. The van der Waals surface area contributed by atoms with E-state index in [1.54, 1.807) is 24.2 Å². The Morgan fingerprint density at radius 2 is 2.47 bits per heavy atom. The molecule has 0 spiro atoms. The smallest absolute Gasteiger partial charge is 0.266 e. The molecule has 100 valence electrons. The van der Waals surface area contributed by atoms with Crippen molar-refractivity contribution in [2.24, 2.45) is 0 Å². The van der Waals surface area contributed by atoms with Crippen LogP contribution in [0.1, 0.15) is 16.1 Å². The van der Waals surface area contributed by atoms with Crippen molar-refractivity contribution in [1.29, 1.82) is 0 Å². The van der Waals surface area contributed by atoms with Gasteiger partial charge in [-0.25, -0.2) is 0 Å². The largest absolute Gasteiger partial charge is 0.397 e. The topological polar surface area (TPSA) is 81.3 Å². The molecule has 2 aromatic heterocycles. The highest BCUT2D eigenvalue weighted by Gasteiger charge is 2.27. The van der Waals surface area contributed by atoms with Gasteiger partial charge in [0, 0.05) is 19.0 Å². The van der Waals surface area contributed by atoms with Crippen LogP contribution < -0.4 is 5.73 Å². The average molecular weight is 278 g/mol. The fourth-order valence-electron chi connectivity index (χ4n) is 2.19. The van der Waals surface area contributed by atoms with Crippen molar-refractivity contribution in [2.45, 2.75) is 12.5 Å². The number of amides is 1. The monoisotopic (exact) mass is 278 g/mol. The van der Waals surface area contributed by atoms with Gasteiger partial charge in [0.15, 0.2) is 0 Å². The average Bonchev–Trinajstić information content (AvgIpc) is 3.06. The number of carbonyl (C=O) groups excluding carboxylic acids is 1. The predicted molar refractivity (Wildman–Crippen MR) is 73.1 cm³/mol. The number of nitrogens with zero attached hydrogens (tertiary/aromatic N) is 3. The molecule has 1 amide bonds. The Morgan fingerprint density at radius 3 is 3.16 bits per heavy atom. The molecule has 0 bridgehead atoms. The molecule has 3 rings (SSSR count). The molecule has 2 aromatic rings. The van der Waals surface area contributed by atoms with Crippen molar-refractivity contribution in [1.82, 2.24) is 15.1 Å². The normalized spacial score (nSPS) is 18.9. The Morgan fingerprint density at radius 1 is 1.63 bits per heavy atom. The molecular formula is C12H14N4O2S. The van der Waals surface area contributed by atoms with Crippen LogP contribution in [0.4, 0.5) is 5.69 Å². The van der Waals surface area contributed by atoms with Crippen LogP contribution in [0.25, 0.3) is 10.2 Å². The first-order chi connectivity index (χ1) is 9.18. The minimum atomic E-state index is -0.0731. The maximum atomic E-state index is 12.5. The first kappa shape index (κ1) is 12.3. The number of nitrogen functional groups attached to an aromatic ring is 1.